The fourth-order valence-electron chi connectivity index (χ4n) is 1.82. The van der Waals surface area contributed by atoms with Crippen LogP contribution in [0.2, 0.25) is 0 Å². The van der Waals surface area contributed by atoms with Gasteiger partial charge in [-0.05, 0) is 25.8 Å². The lowest BCUT2D eigenvalue weighted by atomic mass is 10.0. The van der Waals surface area contributed by atoms with Gasteiger partial charge in [-0.2, -0.15) is 0 Å². The maximum atomic E-state index is 11.8. The lowest BCUT2D eigenvalue weighted by Crippen LogP contribution is -2.49. The van der Waals surface area contributed by atoms with E-state index in [0.717, 1.165) is 25.8 Å². The molecule has 0 aromatic rings. The number of piperidine rings is 1. The summed E-state index contributed by atoms with van der Waals surface area (Å²) in [5.41, 5.74) is 0. The molecule has 2 N–H and O–H groups in total. The molecule has 0 aromatic carbocycles. The van der Waals surface area contributed by atoms with Gasteiger partial charge in [0, 0.05) is 12.5 Å². The SMILES string of the molecule is C#CCC(CC)NC(=O)[C@H]1CCCCN1. The molecule has 15 heavy (non-hydrogen) atoms. The molecule has 0 bridgehead atoms. The molecule has 3 nitrogen and oxygen atoms in total. The molecule has 0 radical (unpaired) electrons. The van der Waals surface area contributed by atoms with E-state index in [0.29, 0.717) is 6.42 Å². The van der Waals surface area contributed by atoms with E-state index >= 15 is 0 Å². The van der Waals surface area contributed by atoms with Crippen LogP contribution in [0.25, 0.3) is 0 Å². The van der Waals surface area contributed by atoms with Gasteiger partial charge in [-0.1, -0.05) is 13.3 Å². The zero-order chi connectivity index (χ0) is 11.1. The minimum atomic E-state index is -0.00873. The Balaban J connectivity index is 2.35. The van der Waals surface area contributed by atoms with Crippen LogP contribution in [0.5, 0.6) is 0 Å². The number of nitrogens with one attached hydrogen (secondary N) is 2. The van der Waals surface area contributed by atoms with Gasteiger partial charge in [-0.25, -0.2) is 0 Å². The summed E-state index contributed by atoms with van der Waals surface area (Å²) in [5, 5.41) is 6.22. The third-order valence-electron chi connectivity index (χ3n) is 2.83. The van der Waals surface area contributed by atoms with Gasteiger partial charge < -0.3 is 10.6 Å². The standard InChI is InChI=1S/C12H20N2O/c1-3-7-10(4-2)14-12(15)11-8-5-6-9-13-11/h1,10-11,13H,4-9H2,2H3,(H,14,15)/t10?,11-/m1/s1. The van der Waals surface area contributed by atoms with Gasteiger partial charge in [0.05, 0.1) is 6.04 Å². The van der Waals surface area contributed by atoms with Gasteiger partial charge in [-0.15, -0.1) is 12.3 Å². The van der Waals surface area contributed by atoms with Crippen molar-refractivity contribution in [2.75, 3.05) is 6.54 Å². The number of terminal acetylenes is 1. The van der Waals surface area contributed by atoms with Crippen molar-refractivity contribution in [3.05, 3.63) is 0 Å². The number of carbonyl (C=O) groups is 1. The highest BCUT2D eigenvalue weighted by Crippen LogP contribution is 2.07. The second kappa shape index (κ2) is 6.47. The van der Waals surface area contributed by atoms with Crippen molar-refractivity contribution >= 4 is 5.91 Å². The summed E-state index contributed by atoms with van der Waals surface area (Å²) in [5.74, 6) is 2.70. The normalized spacial score (nSPS) is 22.8. The van der Waals surface area contributed by atoms with Crippen molar-refractivity contribution in [2.45, 2.75) is 51.1 Å². The van der Waals surface area contributed by atoms with Crippen molar-refractivity contribution in [1.82, 2.24) is 10.6 Å². The molecule has 1 aliphatic rings. The zero-order valence-electron chi connectivity index (χ0n) is 9.38. The third-order valence-corrected chi connectivity index (χ3v) is 2.83. The van der Waals surface area contributed by atoms with Crippen LogP contribution in [0, 0.1) is 12.3 Å². The topological polar surface area (TPSA) is 41.1 Å². The number of carbonyl (C=O) groups excluding carboxylic acids is 1. The fraction of sp³-hybridized carbons (Fsp3) is 0.750. The van der Waals surface area contributed by atoms with Crippen molar-refractivity contribution in [2.24, 2.45) is 0 Å². The Labute approximate surface area is 92.0 Å². The molecular weight excluding hydrogens is 188 g/mol. The van der Waals surface area contributed by atoms with Gasteiger partial charge in [0.2, 0.25) is 5.91 Å². The summed E-state index contributed by atoms with van der Waals surface area (Å²) in [6.45, 7) is 2.99. The van der Waals surface area contributed by atoms with E-state index < -0.39 is 0 Å². The van der Waals surface area contributed by atoms with Crippen LogP contribution in [-0.2, 0) is 4.79 Å². The minimum absolute atomic E-state index is 0.00873. The number of hydrogen-bond acceptors (Lipinski definition) is 2. The predicted octanol–water partition coefficient (Wildman–Crippen LogP) is 1.05. The molecule has 0 aliphatic carbocycles. The highest BCUT2D eigenvalue weighted by molar-refractivity contribution is 5.82. The van der Waals surface area contributed by atoms with Crippen LogP contribution in [0.4, 0.5) is 0 Å². The molecule has 1 amide bonds. The Morgan fingerprint density at radius 1 is 1.67 bits per heavy atom. The van der Waals surface area contributed by atoms with E-state index in [4.69, 9.17) is 6.42 Å². The van der Waals surface area contributed by atoms with Gasteiger partial charge in [0.15, 0.2) is 0 Å². The lowest BCUT2D eigenvalue weighted by Gasteiger charge is -2.24. The lowest BCUT2D eigenvalue weighted by molar-refractivity contribution is -0.124. The molecular formula is C12H20N2O. The van der Waals surface area contributed by atoms with Crippen molar-refractivity contribution < 1.29 is 4.79 Å². The van der Waals surface area contributed by atoms with Crippen molar-refractivity contribution in [1.29, 1.82) is 0 Å². The second-order valence-corrected chi connectivity index (χ2v) is 4.02. The molecule has 1 rings (SSSR count). The smallest absolute Gasteiger partial charge is 0.237 e. The van der Waals surface area contributed by atoms with Crippen LogP contribution in [0.3, 0.4) is 0 Å². The number of amides is 1. The maximum Gasteiger partial charge on any atom is 0.237 e. The van der Waals surface area contributed by atoms with Crippen LogP contribution < -0.4 is 10.6 Å². The van der Waals surface area contributed by atoms with Crippen molar-refractivity contribution in [3.63, 3.8) is 0 Å². The fourth-order valence-corrected chi connectivity index (χ4v) is 1.82. The van der Waals surface area contributed by atoms with Gasteiger partial charge in [0.25, 0.3) is 0 Å². The monoisotopic (exact) mass is 208 g/mol. The van der Waals surface area contributed by atoms with Crippen LogP contribution in [0.15, 0.2) is 0 Å². The quantitative estimate of drug-likeness (QED) is 0.678. The van der Waals surface area contributed by atoms with Crippen LogP contribution >= 0.6 is 0 Å². The van der Waals surface area contributed by atoms with Crippen LogP contribution in [-0.4, -0.2) is 24.5 Å². The summed E-state index contributed by atoms with van der Waals surface area (Å²) in [4.78, 5) is 11.8. The van der Waals surface area contributed by atoms with Crippen molar-refractivity contribution in [3.8, 4) is 12.3 Å². The molecule has 1 aliphatic heterocycles. The summed E-state index contributed by atoms with van der Waals surface area (Å²) in [7, 11) is 0. The molecule has 0 saturated carbocycles. The molecule has 0 aromatic heterocycles. The van der Waals surface area contributed by atoms with Gasteiger partial charge in [-0.3, -0.25) is 4.79 Å². The first-order valence-electron chi connectivity index (χ1n) is 5.75. The Hall–Kier alpha value is -1.01. The average molecular weight is 208 g/mol. The summed E-state index contributed by atoms with van der Waals surface area (Å²) >= 11 is 0. The van der Waals surface area contributed by atoms with E-state index in [-0.39, 0.29) is 18.0 Å². The number of hydrogen-bond donors (Lipinski definition) is 2. The summed E-state index contributed by atoms with van der Waals surface area (Å²) in [6, 6.07) is 0.122. The highest BCUT2D eigenvalue weighted by Gasteiger charge is 2.21. The van der Waals surface area contributed by atoms with E-state index in [1.54, 1.807) is 0 Å². The average Bonchev–Trinajstić information content (AvgIpc) is 2.29. The van der Waals surface area contributed by atoms with E-state index in [2.05, 4.69) is 16.6 Å². The second-order valence-electron chi connectivity index (χ2n) is 4.02. The Kier molecular flexibility index (Phi) is 5.20. The largest absolute Gasteiger partial charge is 0.351 e. The maximum absolute atomic E-state index is 11.8. The molecule has 1 fully saturated rings. The van der Waals surface area contributed by atoms with Gasteiger partial charge in [0.1, 0.15) is 0 Å². The van der Waals surface area contributed by atoms with Crippen LogP contribution in [0.1, 0.15) is 39.0 Å². The summed E-state index contributed by atoms with van der Waals surface area (Å²) in [6.07, 6.45) is 10.0. The first kappa shape index (κ1) is 12.1. The molecule has 2 atom stereocenters. The third kappa shape index (κ3) is 3.93. The zero-order valence-corrected chi connectivity index (χ0v) is 9.38. The molecule has 3 heteroatoms. The highest BCUT2D eigenvalue weighted by atomic mass is 16.2. The van der Waals surface area contributed by atoms with E-state index in [9.17, 15) is 4.79 Å². The molecule has 0 spiro atoms. The first-order valence-corrected chi connectivity index (χ1v) is 5.75. The minimum Gasteiger partial charge on any atom is -0.351 e. The van der Waals surface area contributed by atoms with Gasteiger partial charge >= 0.3 is 0 Å². The number of rotatable bonds is 4. The van der Waals surface area contributed by atoms with E-state index in [1.807, 2.05) is 6.92 Å². The Morgan fingerprint density at radius 3 is 3.00 bits per heavy atom. The predicted molar refractivity (Wildman–Crippen MR) is 61.3 cm³/mol. The molecule has 1 unspecified atom stereocenters. The molecule has 84 valence electrons. The first-order chi connectivity index (χ1) is 7.27. The Morgan fingerprint density at radius 2 is 2.47 bits per heavy atom. The molecule has 1 heterocycles. The summed E-state index contributed by atoms with van der Waals surface area (Å²) < 4.78 is 0. The van der Waals surface area contributed by atoms with E-state index in [1.165, 1.54) is 6.42 Å². The Bertz CT molecular complexity index is 238. The molecule has 1 saturated heterocycles.